The van der Waals surface area contributed by atoms with Gasteiger partial charge in [-0.2, -0.15) is 11.8 Å². The number of anilines is 1. The predicted molar refractivity (Wildman–Crippen MR) is 85.1 cm³/mol. The number of rotatable bonds is 9. The Kier molecular flexibility index (Phi) is 8.27. The summed E-state index contributed by atoms with van der Waals surface area (Å²) in [5.41, 5.74) is 0.420. The summed E-state index contributed by atoms with van der Waals surface area (Å²) in [7, 11) is 0. The summed E-state index contributed by atoms with van der Waals surface area (Å²) < 4.78 is 0. The van der Waals surface area contributed by atoms with Gasteiger partial charge in [-0.25, -0.2) is 14.6 Å². The Balaban J connectivity index is 2.17. The lowest BCUT2D eigenvalue weighted by Gasteiger charge is -2.07. The normalized spacial score (nSPS) is 10.1. The first kappa shape index (κ1) is 17.3. The highest BCUT2D eigenvalue weighted by Gasteiger charge is 2.05. The van der Waals surface area contributed by atoms with E-state index in [1.807, 2.05) is 11.8 Å². The van der Waals surface area contributed by atoms with E-state index in [0.717, 1.165) is 12.8 Å². The van der Waals surface area contributed by atoms with Crippen LogP contribution in [-0.4, -0.2) is 40.6 Å². The van der Waals surface area contributed by atoms with Crippen LogP contribution in [-0.2, 0) is 0 Å². The fourth-order valence-electron chi connectivity index (χ4n) is 1.70. The fourth-order valence-corrected chi connectivity index (χ4v) is 2.19. The third-order valence-corrected chi connectivity index (χ3v) is 3.50. The molecule has 7 heteroatoms. The van der Waals surface area contributed by atoms with Crippen molar-refractivity contribution in [1.29, 1.82) is 0 Å². The fraction of sp³-hybridized carbons (Fsp3) is 0.500. The van der Waals surface area contributed by atoms with Crippen LogP contribution in [0.1, 0.15) is 36.2 Å². The minimum atomic E-state index is -1.09. The molecular weight excluding hydrogens is 290 g/mol. The lowest BCUT2D eigenvalue weighted by Crippen LogP contribution is -2.29. The molecule has 1 rings (SSSR count). The second-order valence-electron chi connectivity index (χ2n) is 4.53. The van der Waals surface area contributed by atoms with Crippen molar-refractivity contribution < 1.29 is 14.7 Å². The smallest absolute Gasteiger partial charge is 0.354 e. The number of amides is 2. The number of carbonyl (C=O) groups excluding carboxylic acids is 1. The highest BCUT2D eigenvalue weighted by molar-refractivity contribution is 7.98. The quantitative estimate of drug-likeness (QED) is 0.610. The van der Waals surface area contributed by atoms with Crippen LogP contribution in [0, 0.1) is 0 Å². The van der Waals surface area contributed by atoms with Crippen molar-refractivity contribution in [1.82, 2.24) is 10.3 Å². The van der Waals surface area contributed by atoms with Crippen molar-refractivity contribution in [2.75, 3.05) is 23.9 Å². The largest absolute Gasteiger partial charge is 0.477 e. The zero-order chi connectivity index (χ0) is 15.5. The number of hydrogen-bond donors (Lipinski definition) is 3. The highest BCUT2D eigenvalue weighted by atomic mass is 32.2. The molecule has 21 heavy (non-hydrogen) atoms. The van der Waals surface area contributed by atoms with Crippen molar-refractivity contribution >= 4 is 29.4 Å². The predicted octanol–water partition coefficient (Wildman–Crippen LogP) is 2.82. The van der Waals surface area contributed by atoms with Gasteiger partial charge in [0.05, 0.1) is 11.9 Å². The number of aromatic carboxylic acids is 1. The van der Waals surface area contributed by atoms with E-state index in [4.69, 9.17) is 5.11 Å². The molecule has 0 aromatic carbocycles. The standard InChI is InChI=1S/C14H21N3O3S/c1-21-9-5-3-2-4-8-15-14(20)17-11-6-7-12(13(18)19)16-10-11/h6-7,10H,2-5,8-9H2,1H3,(H,18,19)(H2,15,17,20). The summed E-state index contributed by atoms with van der Waals surface area (Å²) in [5, 5.41) is 14.1. The lowest BCUT2D eigenvalue weighted by molar-refractivity contribution is 0.0690. The molecule has 0 unspecified atom stereocenters. The maximum absolute atomic E-state index is 11.6. The van der Waals surface area contributed by atoms with Crippen LogP contribution in [0.25, 0.3) is 0 Å². The number of carboxylic acid groups (broad SMARTS) is 1. The van der Waals surface area contributed by atoms with Crippen molar-refractivity contribution in [2.24, 2.45) is 0 Å². The number of urea groups is 1. The molecule has 1 heterocycles. The van der Waals surface area contributed by atoms with E-state index in [1.165, 1.54) is 36.9 Å². The third-order valence-electron chi connectivity index (χ3n) is 2.80. The Labute approximate surface area is 128 Å². The molecule has 2 amide bonds. The average molecular weight is 311 g/mol. The van der Waals surface area contributed by atoms with Crippen LogP contribution in [0.15, 0.2) is 18.3 Å². The van der Waals surface area contributed by atoms with E-state index in [-0.39, 0.29) is 11.7 Å². The molecule has 0 saturated heterocycles. The molecular formula is C14H21N3O3S. The van der Waals surface area contributed by atoms with Crippen molar-refractivity contribution in [2.45, 2.75) is 25.7 Å². The molecule has 1 aromatic heterocycles. The zero-order valence-corrected chi connectivity index (χ0v) is 12.9. The number of carbonyl (C=O) groups is 2. The third kappa shape index (κ3) is 7.55. The maximum Gasteiger partial charge on any atom is 0.354 e. The number of thioether (sulfide) groups is 1. The van der Waals surface area contributed by atoms with Gasteiger partial charge in [0.2, 0.25) is 0 Å². The second kappa shape index (κ2) is 10.0. The molecule has 0 radical (unpaired) electrons. The molecule has 116 valence electrons. The molecule has 0 atom stereocenters. The number of hydrogen-bond acceptors (Lipinski definition) is 4. The molecule has 0 spiro atoms. The molecule has 0 bridgehead atoms. The summed E-state index contributed by atoms with van der Waals surface area (Å²) in [6.07, 6.45) is 7.89. The molecule has 0 saturated carbocycles. The monoisotopic (exact) mass is 311 g/mol. The van der Waals surface area contributed by atoms with E-state index in [0.29, 0.717) is 12.2 Å². The Morgan fingerprint density at radius 2 is 2.00 bits per heavy atom. The second-order valence-corrected chi connectivity index (χ2v) is 5.51. The molecule has 0 aliphatic heterocycles. The van der Waals surface area contributed by atoms with Crippen molar-refractivity contribution in [3.63, 3.8) is 0 Å². The maximum atomic E-state index is 11.6. The van der Waals surface area contributed by atoms with Crippen LogP contribution in [0.4, 0.5) is 10.5 Å². The Morgan fingerprint density at radius 3 is 2.62 bits per heavy atom. The van der Waals surface area contributed by atoms with Gasteiger partial charge in [-0.15, -0.1) is 0 Å². The molecule has 1 aromatic rings. The van der Waals surface area contributed by atoms with Gasteiger partial charge >= 0.3 is 12.0 Å². The Bertz CT molecular complexity index is 451. The molecule has 6 nitrogen and oxygen atoms in total. The SMILES string of the molecule is CSCCCCCCNC(=O)Nc1ccc(C(=O)O)nc1. The number of pyridine rings is 1. The first-order valence-corrected chi connectivity index (χ1v) is 8.26. The van der Waals surface area contributed by atoms with Crippen molar-refractivity contribution in [3.8, 4) is 0 Å². The molecule has 0 aliphatic carbocycles. The van der Waals surface area contributed by atoms with Crippen LogP contribution in [0.5, 0.6) is 0 Å². The van der Waals surface area contributed by atoms with Gasteiger partial charge in [-0.1, -0.05) is 12.8 Å². The molecule has 0 aliphatic rings. The van der Waals surface area contributed by atoms with Gasteiger partial charge in [0.1, 0.15) is 5.69 Å². The number of carboxylic acids is 1. The minimum absolute atomic E-state index is 0.0498. The van der Waals surface area contributed by atoms with Crippen LogP contribution in [0.3, 0.4) is 0 Å². The minimum Gasteiger partial charge on any atom is -0.477 e. The summed E-state index contributed by atoms with van der Waals surface area (Å²) in [6, 6.07) is 2.56. The van der Waals surface area contributed by atoms with E-state index in [9.17, 15) is 9.59 Å². The summed E-state index contributed by atoms with van der Waals surface area (Å²) in [4.78, 5) is 26.0. The highest BCUT2D eigenvalue weighted by Crippen LogP contribution is 2.06. The number of nitrogens with one attached hydrogen (secondary N) is 2. The van der Waals surface area contributed by atoms with Crippen LogP contribution in [0.2, 0.25) is 0 Å². The summed E-state index contributed by atoms with van der Waals surface area (Å²) >= 11 is 1.85. The Hall–Kier alpha value is -1.76. The van der Waals surface area contributed by atoms with Gasteiger partial charge in [0.15, 0.2) is 0 Å². The van der Waals surface area contributed by atoms with Gasteiger partial charge in [-0.3, -0.25) is 0 Å². The first-order chi connectivity index (χ1) is 10.1. The topological polar surface area (TPSA) is 91.3 Å². The first-order valence-electron chi connectivity index (χ1n) is 6.86. The number of nitrogens with zero attached hydrogens (tertiary/aromatic N) is 1. The summed E-state index contributed by atoms with van der Waals surface area (Å²) in [5.74, 6) is 0.0974. The Morgan fingerprint density at radius 1 is 1.24 bits per heavy atom. The zero-order valence-electron chi connectivity index (χ0n) is 12.1. The van der Waals surface area contributed by atoms with Crippen LogP contribution >= 0.6 is 11.8 Å². The van der Waals surface area contributed by atoms with E-state index < -0.39 is 5.97 Å². The summed E-state index contributed by atoms with van der Waals surface area (Å²) in [6.45, 7) is 0.631. The number of unbranched alkanes of at least 4 members (excludes halogenated alkanes) is 3. The van der Waals surface area contributed by atoms with Gasteiger partial charge in [0, 0.05) is 6.54 Å². The van der Waals surface area contributed by atoms with Crippen LogP contribution < -0.4 is 10.6 Å². The van der Waals surface area contributed by atoms with E-state index in [1.54, 1.807) is 0 Å². The van der Waals surface area contributed by atoms with E-state index in [2.05, 4.69) is 21.9 Å². The number of aromatic nitrogens is 1. The van der Waals surface area contributed by atoms with Crippen molar-refractivity contribution in [3.05, 3.63) is 24.0 Å². The molecule has 3 N–H and O–H groups in total. The molecule has 0 fully saturated rings. The van der Waals surface area contributed by atoms with Gasteiger partial charge < -0.3 is 15.7 Å². The van der Waals surface area contributed by atoms with E-state index >= 15 is 0 Å². The average Bonchev–Trinajstić information content (AvgIpc) is 2.47. The van der Waals surface area contributed by atoms with Gasteiger partial charge in [0.25, 0.3) is 0 Å². The lowest BCUT2D eigenvalue weighted by atomic mass is 10.2. The van der Waals surface area contributed by atoms with Gasteiger partial charge in [-0.05, 0) is 37.0 Å².